The van der Waals surface area contributed by atoms with Gasteiger partial charge in [0, 0.05) is 12.4 Å². The van der Waals surface area contributed by atoms with Crippen molar-refractivity contribution in [2.45, 2.75) is 11.3 Å². The summed E-state index contributed by atoms with van der Waals surface area (Å²) in [5.74, 6) is -1.90. The van der Waals surface area contributed by atoms with Crippen molar-refractivity contribution in [1.29, 1.82) is 0 Å². The van der Waals surface area contributed by atoms with E-state index in [0.29, 0.717) is 0 Å². The molecule has 1 heterocycles. The van der Waals surface area contributed by atoms with Gasteiger partial charge >= 0.3 is 6.18 Å². The van der Waals surface area contributed by atoms with Crippen molar-refractivity contribution < 1.29 is 21.6 Å². The van der Waals surface area contributed by atoms with Crippen LogP contribution in [0.25, 0.3) is 0 Å². The van der Waals surface area contributed by atoms with Crippen LogP contribution in [0.3, 0.4) is 0 Å². The molecule has 1 aromatic heterocycles. The van der Waals surface area contributed by atoms with Gasteiger partial charge in [0.1, 0.15) is 0 Å². The van der Waals surface area contributed by atoms with Crippen molar-refractivity contribution in [3.8, 4) is 0 Å². The molecule has 1 aromatic rings. The Hall–Kier alpha value is -1.05. The van der Waals surface area contributed by atoms with Crippen LogP contribution in [0.2, 0.25) is 0 Å². The molecule has 0 radical (unpaired) electrons. The number of hydrogen-bond donors (Lipinski definition) is 1. The van der Waals surface area contributed by atoms with E-state index in [0.717, 1.165) is 12.4 Å². The fourth-order valence-electron chi connectivity index (χ4n) is 0.705. The predicted molar refractivity (Wildman–Crippen MR) is 36.7 cm³/mol. The van der Waals surface area contributed by atoms with Crippen molar-refractivity contribution in [1.82, 2.24) is 9.97 Å². The molecular formula is C5H5F3N2O2S. The van der Waals surface area contributed by atoms with Crippen molar-refractivity contribution in [3.05, 3.63) is 12.4 Å². The standard InChI is InChI=1S/C5H5F3N2O2S/c6-5(7,8)3-13(11,12)4-9-1-2-10-4/h1-2H,3H2,(H,9,10). The summed E-state index contributed by atoms with van der Waals surface area (Å²) in [4.78, 5) is 5.33. The number of H-pyrrole nitrogens is 1. The average Bonchev–Trinajstić information content (AvgIpc) is 2.29. The normalized spacial score (nSPS) is 13.2. The third-order valence-electron chi connectivity index (χ3n) is 1.12. The van der Waals surface area contributed by atoms with Crippen LogP contribution in [0.15, 0.2) is 17.6 Å². The fraction of sp³-hybridized carbons (Fsp3) is 0.400. The highest BCUT2D eigenvalue weighted by Crippen LogP contribution is 2.20. The Morgan fingerprint density at radius 2 is 2.08 bits per heavy atom. The number of rotatable bonds is 2. The van der Waals surface area contributed by atoms with E-state index >= 15 is 0 Å². The second-order valence-corrected chi connectivity index (χ2v) is 4.17. The van der Waals surface area contributed by atoms with Crippen molar-refractivity contribution in [2.24, 2.45) is 0 Å². The van der Waals surface area contributed by atoms with E-state index in [9.17, 15) is 21.6 Å². The summed E-state index contributed by atoms with van der Waals surface area (Å²) in [7, 11) is -4.37. The first-order chi connectivity index (χ1) is 5.81. The lowest BCUT2D eigenvalue weighted by atomic mass is 10.8. The average molecular weight is 214 g/mol. The van der Waals surface area contributed by atoms with E-state index in [-0.39, 0.29) is 0 Å². The molecule has 0 saturated carbocycles. The van der Waals surface area contributed by atoms with Gasteiger partial charge in [-0.3, -0.25) is 0 Å². The van der Waals surface area contributed by atoms with Crippen LogP contribution in [-0.4, -0.2) is 30.3 Å². The first kappa shape index (κ1) is 10.0. The molecule has 74 valence electrons. The first-order valence-electron chi connectivity index (χ1n) is 3.10. The minimum Gasteiger partial charge on any atom is -0.336 e. The molecule has 0 aliphatic carbocycles. The van der Waals surface area contributed by atoms with Gasteiger partial charge in [-0.05, 0) is 0 Å². The fourth-order valence-corrected chi connectivity index (χ4v) is 1.74. The summed E-state index contributed by atoms with van der Waals surface area (Å²) >= 11 is 0. The molecule has 1 rings (SSSR count). The Kier molecular flexibility index (Phi) is 2.33. The van der Waals surface area contributed by atoms with Crippen LogP contribution in [-0.2, 0) is 9.84 Å². The van der Waals surface area contributed by atoms with Gasteiger partial charge in [0.2, 0.25) is 15.0 Å². The number of hydrogen-bond acceptors (Lipinski definition) is 3. The van der Waals surface area contributed by atoms with Crippen LogP contribution in [0.1, 0.15) is 0 Å². The molecule has 8 heteroatoms. The van der Waals surface area contributed by atoms with Crippen molar-refractivity contribution >= 4 is 9.84 Å². The Bertz CT molecular complexity index is 367. The summed E-state index contributed by atoms with van der Waals surface area (Å²) in [6.07, 6.45) is -2.53. The molecule has 4 nitrogen and oxygen atoms in total. The maximum Gasteiger partial charge on any atom is 0.403 e. The van der Waals surface area contributed by atoms with Gasteiger partial charge in [-0.25, -0.2) is 13.4 Å². The highest BCUT2D eigenvalue weighted by molar-refractivity contribution is 7.91. The lowest BCUT2D eigenvalue weighted by molar-refractivity contribution is -0.106. The van der Waals surface area contributed by atoms with Crippen LogP contribution in [0.5, 0.6) is 0 Å². The molecule has 0 bridgehead atoms. The molecule has 0 amide bonds. The molecule has 0 atom stereocenters. The number of aromatic amines is 1. The molecule has 0 aliphatic rings. The SMILES string of the molecule is O=S(=O)(CC(F)(F)F)c1ncc[nH]1. The first-order valence-corrected chi connectivity index (χ1v) is 4.75. The van der Waals surface area contributed by atoms with Gasteiger partial charge in [0.05, 0.1) is 0 Å². The number of nitrogens with zero attached hydrogens (tertiary/aromatic N) is 1. The van der Waals surface area contributed by atoms with Crippen LogP contribution in [0.4, 0.5) is 13.2 Å². The Labute approximate surface area is 71.7 Å². The zero-order valence-electron chi connectivity index (χ0n) is 6.17. The minimum absolute atomic E-state index is 0.662. The Morgan fingerprint density at radius 3 is 2.46 bits per heavy atom. The third-order valence-corrected chi connectivity index (χ3v) is 2.64. The number of halogens is 3. The topological polar surface area (TPSA) is 62.8 Å². The molecule has 0 aliphatic heterocycles. The second-order valence-electron chi connectivity index (χ2n) is 2.27. The lowest BCUT2D eigenvalue weighted by Gasteiger charge is -2.04. The van der Waals surface area contributed by atoms with E-state index in [1.54, 1.807) is 0 Å². The highest BCUT2D eigenvalue weighted by Gasteiger charge is 2.37. The number of sulfone groups is 1. The predicted octanol–water partition coefficient (Wildman–Crippen LogP) is 0.746. The maximum absolute atomic E-state index is 11.7. The Balaban J connectivity index is 2.93. The maximum atomic E-state index is 11.7. The summed E-state index contributed by atoms with van der Waals surface area (Å²) < 4.78 is 57.0. The molecule has 1 N–H and O–H groups in total. The number of aromatic nitrogens is 2. The zero-order valence-corrected chi connectivity index (χ0v) is 6.98. The smallest absolute Gasteiger partial charge is 0.336 e. The zero-order chi connectivity index (χ0) is 10.1. The van der Waals surface area contributed by atoms with Crippen molar-refractivity contribution in [2.75, 3.05) is 5.75 Å². The van der Waals surface area contributed by atoms with E-state index in [1.165, 1.54) is 0 Å². The summed E-state index contributed by atoms with van der Waals surface area (Å²) in [6.45, 7) is 0. The number of nitrogens with one attached hydrogen (secondary N) is 1. The second kappa shape index (κ2) is 3.02. The summed E-state index contributed by atoms with van der Waals surface area (Å²) in [5.41, 5.74) is 0. The van der Waals surface area contributed by atoms with E-state index in [2.05, 4.69) is 9.97 Å². The lowest BCUT2D eigenvalue weighted by Crippen LogP contribution is -2.23. The van der Waals surface area contributed by atoms with Gasteiger partial charge in [-0.15, -0.1) is 0 Å². The molecule has 0 spiro atoms. The molecule has 0 aromatic carbocycles. The monoisotopic (exact) mass is 214 g/mol. The Morgan fingerprint density at radius 1 is 1.46 bits per heavy atom. The molecule has 0 fully saturated rings. The van der Waals surface area contributed by atoms with Crippen molar-refractivity contribution in [3.63, 3.8) is 0 Å². The molecule has 0 unspecified atom stereocenters. The third kappa shape index (κ3) is 2.72. The quantitative estimate of drug-likeness (QED) is 0.789. The minimum atomic E-state index is -4.74. The van der Waals surface area contributed by atoms with Gasteiger partial charge in [0.25, 0.3) is 0 Å². The molecular weight excluding hydrogens is 209 g/mol. The van der Waals surface area contributed by atoms with Gasteiger partial charge in [-0.2, -0.15) is 13.2 Å². The van der Waals surface area contributed by atoms with Gasteiger partial charge in [-0.1, -0.05) is 0 Å². The van der Waals surface area contributed by atoms with E-state index < -0.39 is 26.9 Å². The number of imidazole rings is 1. The van der Waals surface area contributed by atoms with Gasteiger partial charge in [0.15, 0.2) is 5.75 Å². The molecule has 0 saturated heterocycles. The van der Waals surface area contributed by atoms with Gasteiger partial charge < -0.3 is 4.98 Å². The number of alkyl halides is 3. The molecule has 13 heavy (non-hydrogen) atoms. The van der Waals surface area contributed by atoms with Crippen LogP contribution < -0.4 is 0 Å². The highest BCUT2D eigenvalue weighted by atomic mass is 32.2. The summed E-state index contributed by atoms with van der Waals surface area (Å²) in [5, 5.41) is -0.662. The largest absolute Gasteiger partial charge is 0.403 e. The van der Waals surface area contributed by atoms with E-state index in [4.69, 9.17) is 0 Å². The van der Waals surface area contributed by atoms with Crippen LogP contribution >= 0.6 is 0 Å². The van der Waals surface area contributed by atoms with Crippen LogP contribution in [0, 0.1) is 0 Å². The van der Waals surface area contributed by atoms with E-state index in [1.807, 2.05) is 0 Å². The summed E-state index contributed by atoms with van der Waals surface area (Å²) in [6, 6.07) is 0.